The molecule has 1 atom stereocenters. The average Bonchev–Trinajstić information content (AvgIpc) is 3.34. The molecule has 0 spiro atoms. The van der Waals surface area contributed by atoms with Crippen molar-refractivity contribution in [2.24, 2.45) is 0 Å². The third kappa shape index (κ3) is 4.69. The number of rotatable bonds is 6. The van der Waals surface area contributed by atoms with Crippen LogP contribution in [0.25, 0.3) is 11.0 Å². The minimum absolute atomic E-state index is 0.0201. The van der Waals surface area contributed by atoms with Crippen LogP contribution >= 0.6 is 0 Å². The second kappa shape index (κ2) is 9.74. The SMILES string of the molecule is CC(=O)N1CCC(C(=O)N[C@@H](Cc2ccccc2)c2nc3ccccc3[nH]2)(c2ccccc2)CC1. The van der Waals surface area contributed by atoms with Gasteiger partial charge in [0, 0.05) is 20.0 Å². The normalized spacial score (nSPS) is 16.1. The Kier molecular flexibility index (Phi) is 6.36. The van der Waals surface area contributed by atoms with Crippen LogP contribution in [0.1, 0.15) is 42.8 Å². The summed E-state index contributed by atoms with van der Waals surface area (Å²) in [6.07, 6.45) is 1.79. The summed E-state index contributed by atoms with van der Waals surface area (Å²) in [5, 5.41) is 3.36. The van der Waals surface area contributed by atoms with E-state index in [9.17, 15) is 9.59 Å². The number of hydrogen-bond acceptors (Lipinski definition) is 3. The van der Waals surface area contributed by atoms with Crippen molar-refractivity contribution in [2.75, 3.05) is 13.1 Å². The van der Waals surface area contributed by atoms with Gasteiger partial charge in [0.05, 0.1) is 22.5 Å². The fraction of sp³-hybridized carbons (Fsp3) is 0.276. The highest BCUT2D eigenvalue weighted by Crippen LogP contribution is 2.37. The van der Waals surface area contributed by atoms with Crippen molar-refractivity contribution >= 4 is 22.8 Å². The molecule has 1 fully saturated rings. The lowest BCUT2D eigenvalue weighted by molar-refractivity contribution is -0.135. The molecule has 0 unspecified atom stereocenters. The number of aromatic nitrogens is 2. The molecule has 2 N–H and O–H groups in total. The number of nitrogens with zero attached hydrogens (tertiary/aromatic N) is 2. The highest BCUT2D eigenvalue weighted by atomic mass is 16.2. The van der Waals surface area contributed by atoms with Gasteiger partial charge in [0.15, 0.2) is 0 Å². The number of aromatic amines is 1. The van der Waals surface area contributed by atoms with Gasteiger partial charge < -0.3 is 15.2 Å². The first kappa shape index (κ1) is 22.8. The van der Waals surface area contributed by atoms with Crippen LogP contribution in [-0.4, -0.2) is 39.8 Å². The number of piperidine rings is 1. The largest absolute Gasteiger partial charge is 0.345 e. The topological polar surface area (TPSA) is 78.1 Å². The molecule has 0 radical (unpaired) electrons. The number of likely N-dealkylation sites (tertiary alicyclic amines) is 1. The van der Waals surface area contributed by atoms with Crippen LogP contribution in [0.2, 0.25) is 0 Å². The highest BCUT2D eigenvalue weighted by Gasteiger charge is 2.44. The fourth-order valence-corrected chi connectivity index (χ4v) is 5.11. The predicted molar refractivity (Wildman–Crippen MR) is 137 cm³/mol. The number of hydrogen-bond donors (Lipinski definition) is 2. The van der Waals surface area contributed by atoms with Gasteiger partial charge in [-0.1, -0.05) is 72.8 Å². The second-order valence-corrected chi connectivity index (χ2v) is 9.31. The number of amides is 2. The summed E-state index contributed by atoms with van der Waals surface area (Å²) in [7, 11) is 0. The van der Waals surface area contributed by atoms with Gasteiger partial charge in [0.2, 0.25) is 11.8 Å². The van der Waals surface area contributed by atoms with Crippen LogP contribution in [0.3, 0.4) is 0 Å². The van der Waals surface area contributed by atoms with Crippen LogP contribution < -0.4 is 5.32 Å². The first-order chi connectivity index (χ1) is 17.0. The fourth-order valence-electron chi connectivity index (χ4n) is 5.11. The minimum Gasteiger partial charge on any atom is -0.345 e. The van der Waals surface area contributed by atoms with E-state index < -0.39 is 5.41 Å². The lowest BCUT2D eigenvalue weighted by Crippen LogP contribution is -2.53. The molecule has 0 saturated carbocycles. The Morgan fingerprint density at radius 2 is 1.57 bits per heavy atom. The van der Waals surface area contributed by atoms with E-state index in [4.69, 9.17) is 4.98 Å². The van der Waals surface area contributed by atoms with Crippen LogP contribution in [0.4, 0.5) is 0 Å². The number of fused-ring (bicyclic) bond motifs is 1. The second-order valence-electron chi connectivity index (χ2n) is 9.31. The van der Waals surface area contributed by atoms with E-state index in [0.29, 0.717) is 32.4 Å². The minimum atomic E-state index is -0.700. The molecule has 0 bridgehead atoms. The molecule has 1 aliphatic rings. The van der Waals surface area contributed by atoms with Crippen LogP contribution in [0.5, 0.6) is 0 Å². The number of benzene rings is 3. The molecular weight excluding hydrogens is 436 g/mol. The molecule has 1 aromatic heterocycles. The molecule has 1 saturated heterocycles. The quantitative estimate of drug-likeness (QED) is 0.438. The Morgan fingerprint density at radius 3 is 2.23 bits per heavy atom. The summed E-state index contributed by atoms with van der Waals surface area (Å²) >= 11 is 0. The zero-order valence-corrected chi connectivity index (χ0v) is 19.9. The lowest BCUT2D eigenvalue weighted by atomic mass is 9.71. The van der Waals surface area contributed by atoms with Crippen molar-refractivity contribution in [1.29, 1.82) is 0 Å². The highest BCUT2D eigenvalue weighted by molar-refractivity contribution is 5.89. The van der Waals surface area contributed by atoms with E-state index in [2.05, 4.69) is 22.4 Å². The van der Waals surface area contributed by atoms with Crippen molar-refractivity contribution in [1.82, 2.24) is 20.2 Å². The van der Waals surface area contributed by atoms with E-state index in [1.54, 1.807) is 6.92 Å². The van der Waals surface area contributed by atoms with Crippen LogP contribution in [0.15, 0.2) is 84.9 Å². The zero-order chi connectivity index (χ0) is 24.3. The maximum atomic E-state index is 14.1. The van der Waals surface area contributed by atoms with Gasteiger partial charge in [0.1, 0.15) is 5.82 Å². The average molecular weight is 467 g/mol. The van der Waals surface area contributed by atoms with Crippen LogP contribution in [-0.2, 0) is 21.4 Å². The van der Waals surface area contributed by atoms with Gasteiger partial charge in [-0.15, -0.1) is 0 Å². The lowest BCUT2D eigenvalue weighted by Gasteiger charge is -2.41. The summed E-state index contributed by atoms with van der Waals surface area (Å²) in [6, 6.07) is 27.7. The Labute approximate surface area is 205 Å². The van der Waals surface area contributed by atoms with Gasteiger partial charge >= 0.3 is 0 Å². The molecular formula is C29H30N4O2. The number of carbonyl (C=O) groups excluding carboxylic acids is 2. The predicted octanol–water partition coefficient (Wildman–Crippen LogP) is 4.54. The van der Waals surface area contributed by atoms with Crippen molar-refractivity contribution < 1.29 is 9.59 Å². The molecule has 6 nitrogen and oxygen atoms in total. The third-order valence-corrected chi connectivity index (χ3v) is 7.15. The monoisotopic (exact) mass is 466 g/mol. The summed E-state index contributed by atoms with van der Waals surface area (Å²) in [5.74, 6) is 0.775. The van der Waals surface area contributed by atoms with Crippen molar-refractivity contribution in [3.63, 3.8) is 0 Å². The maximum absolute atomic E-state index is 14.1. The van der Waals surface area contributed by atoms with Gasteiger partial charge in [-0.25, -0.2) is 4.98 Å². The first-order valence-electron chi connectivity index (χ1n) is 12.2. The molecule has 35 heavy (non-hydrogen) atoms. The van der Waals surface area contributed by atoms with Crippen molar-refractivity contribution in [2.45, 2.75) is 37.6 Å². The number of carbonyl (C=O) groups is 2. The zero-order valence-electron chi connectivity index (χ0n) is 19.9. The Morgan fingerprint density at radius 1 is 0.943 bits per heavy atom. The molecule has 6 heteroatoms. The Hall–Kier alpha value is -3.93. The van der Waals surface area contributed by atoms with Gasteiger partial charge in [-0.05, 0) is 42.5 Å². The molecule has 0 aliphatic carbocycles. The summed E-state index contributed by atoms with van der Waals surface area (Å²) in [4.78, 5) is 36.2. The molecule has 2 amide bonds. The summed E-state index contributed by atoms with van der Waals surface area (Å²) in [6.45, 7) is 2.71. The van der Waals surface area contributed by atoms with Crippen molar-refractivity contribution in [3.05, 3.63) is 102 Å². The summed E-state index contributed by atoms with van der Waals surface area (Å²) < 4.78 is 0. The number of nitrogens with one attached hydrogen (secondary N) is 2. The third-order valence-electron chi connectivity index (χ3n) is 7.15. The van der Waals surface area contributed by atoms with E-state index in [-0.39, 0.29) is 17.9 Å². The molecule has 5 rings (SSSR count). The van der Waals surface area contributed by atoms with Gasteiger partial charge in [-0.3, -0.25) is 9.59 Å². The Balaban J connectivity index is 1.49. The van der Waals surface area contributed by atoms with Gasteiger partial charge in [-0.2, -0.15) is 0 Å². The standard InChI is InChI=1S/C29H30N4O2/c1-21(34)33-18-16-29(17-19-33,23-12-6-3-7-13-23)28(35)32-26(20-22-10-4-2-5-11-22)27-30-24-14-8-9-15-25(24)31-27/h2-15,26H,16-20H2,1H3,(H,30,31)(H,32,35)/t26-/m0/s1. The molecule has 178 valence electrons. The molecule has 3 aromatic carbocycles. The number of imidazole rings is 1. The Bertz CT molecular complexity index is 1280. The van der Waals surface area contributed by atoms with E-state index in [0.717, 1.165) is 28.0 Å². The number of para-hydroxylation sites is 2. The first-order valence-corrected chi connectivity index (χ1v) is 12.2. The smallest absolute Gasteiger partial charge is 0.231 e. The van der Waals surface area contributed by atoms with E-state index in [1.165, 1.54) is 0 Å². The molecule has 4 aromatic rings. The maximum Gasteiger partial charge on any atom is 0.231 e. The molecule has 2 heterocycles. The summed E-state index contributed by atoms with van der Waals surface area (Å²) in [5.41, 5.74) is 3.24. The molecule has 1 aliphatic heterocycles. The number of H-pyrrole nitrogens is 1. The van der Waals surface area contributed by atoms with E-state index >= 15 is 0 Å². The van der Waals surface area contributed by atoms with E-state index in [1.807, 2.05) is 77.7 Å². The van der Waals surface area contributed by atoms with Gasteiger partial charge in [0.25, 0.3) is 0 Å². The van der Waals surface area contributed by atoms with Crippen molar-refractivity contribution in [3.8, 4) is 0 Å². The van der Waals surface area contributed by atoms with Crippen LogP contribution in [0, 0.1) is 0 Å².